The molecule has 0 fully saturated rings. The molecule has 0 aliphatic rings. The second-order valence-corrected chi connectivity index (χ2v) is 9.95. The van der Waals surface area contributed by atoms with Crippen LogP contribution in [0.3, 0.4) is 0 Å². The van der Waals surface area contributed by atoms with E-state index < -0.39 is 16.1 Å². The van der Waals surface area contributed by atoms with Crippen LogP contribution in [-0.2, 0) is 27.9 Å². The third-order valence-corrected chi connectivity index (χ3v) is 7.22. The summed E-state index contributed by atoms with van der Waals surface area (Å²) in [5.41, 5.74) is 5.43. The first-order chi connectivity index (χ1) is 13.9. The van der Waals surface area contributed by atoms with Gasteiger partial charge >= 0.3 is 0 Å². The monoisotopic (exact) mass is 432 g/mol. The number of nitrogens with one attached hydrogen (secondary N) is 3. The number of hydrogen-bond acceptors (Lipinski definition) is 3. The van der Waals surface area contributed by atoms with Gasteiger partial charge in [0.1, 0.15) is 6.54 Å². The van der Waals surface area contributed by atoms with Gasteiger partial charge in [0.25, 0.3) is 0 Å². The van der Waals surface area contributed by atoms with E-state index in [1.54, 1.807) is 20.8 Å². The lowest BCUT2D eigenvalue weighted by molar-refractivity contribution is -0.872. The highest BCUT2D eigenvalue weighted by molar-refractivity contribution is 7.89. The Kier molecular flexibility index (Phi) is 7.80. The fourth-order valence-corrected chi connectivity index (χ4v) is 5.37. The predicted molar refractivity (Wildman–Crippen MR) is 120 cm³/mol. The Hall–Kier alpha value is -2.22. The Morgan fingerprint density at radius 3 is 2.07 bits per heavy atom. The topological polar surface area (TPSA) is 79.7 Å². The van der Waals surface area contributed by atoms with Crippen molar-refractivity contribution in [3.8, 4) is 0 Å². The summed E-state index contributed by atoms with van der Waals surface area (Å²) in [5.74, 6) is -0.356. The van der Waals surface area contributed by atoms with E-state index in [-0.39, 0.29) is 10.8 Å². The van der Waals surface area contributed by atoms with Gasteiger partial charge in [0, 0.05) is 12.1 Å². The molecule has 0 unspecified atom stereocenters. The minimum atomic E-state index is -3.83. The molecule has 2 aromatic rings. The number of carbonyl (C=O) groups is 1. The number of quaternary nitrogens is 1. The molecule has 0 bridgehead atoms. The molecular weight excluding hydrogens is 398 g/mol. The Morgan fingerprint density at radius 2 is 1.53 bits per heavy atom. The molecular formula is C23H34N3O3S+. The summed E-state index contributed by atoms with van der Waals surface area (Å²) in [7, 11) is 0.313. The van der Waals surface area contributed by atoms with Gasteiger partial charge in [-0.15, -0.1) is 0 Å². The van der Waals surface area contributed by atoms with Gasteiger partial charge in [0.2, 0.25) is 15.9 Å². The average molecular weight is 433 g/mol. The van der Waals surface area contributed by atoms with Gasteiger partial charge in [0.05, 0.1) is 25.0 Å². The number of aryl methyl sites for hydroxylation is 2. The standard InChI is InChI=1S/C23H33N3O3S/c1-15-12-16(2)18(4)22(17(15)3)30(28,29)25-19(5)23(27)24-13-20-10-8-9-11-21(20)14-26(6)7/h8-12,19,25H,13-14H2,1-7H3,(H,24,27)/p+1/t19-/m0/s1. The molecule has 1 amide bonds. The van der Waals surface area contributed by atoms with Crippen LogP contribution in [0.5, 0.6) is 0 Å². The van der Waals surface area contributed by atoms with Crippen molar-refractivity contribution in [2.24, 2.45) is 0 Å². The molecule has 6 nitrogen and oxygen atoms in total. The lowest BCUT2D eigenvalue weighted by Crippen LogP contribution is -3.04. The van der Waals surface area contributed by atoms with Crippen molar-refractivity contribution in [3.05, 3.63) is 63.7 Å². The molecule has 2 aromatic carbocycles. The molecule has 3 N–H and O–H groups in total. The zero-order valence-corrected chi connectivity index (χ0v) is 19.8. The van der Waals surface area contributed by atoms with E-state index in [1.807, 2.05) is 44.2 Å². The van der Waals surface area contributed by atoms with Gasteiger partial charge in [0.15, 0.2) is 0 Å². The lowest BCUT2D eigenvalue weighted by atomic mass is 10.0. The van der Waals surface area contributed by atoms with Crippen LogP contribution >= 0.6 is 0 Å². The van der Waals surface area contributed by atoms with Crippen LogP contribution in [0.1, 0.15) is 40.3 Å². The molecule has 7 heteroatoms. The highest BCUT2D eigenvalue weighted by Crippen LogP contribution is 2.26. The van der Waals surface area contributed by atoms with Gasteiger partial charge in [-0.1, -0.05) is 30.3 Å². The van der Waals surface area contributed by atoms with Crippen molar-refractivity contribution in [2.45, 2.75) is 58.6 Å². The SMILES string of the molecule is Cc1cc(C)c(C)c(S(=O)(=O)N[C@@H](C)C(=O)NCc2ccccc2C[NH+](C)C)c1C. The Balaban J connectivity index is 2.14. The van der Waals surface area contributed by atoms with E-state index in [9.17, 15) is 13.2 Å². The number of hydrogen-bond donors (Lipinski definition) is 3. The molecule has 0 spiro atoms. The van der Waals surface area contributed by atoms with Gasteiger partial charge in [-0.2, -0.15) is 4.72 Å². The van der Waals surface area contributed by atoms with Crippen molar-refractivity contribution in [1.82, 2.24) is 10.0 Å². The Labute approximate surface area is 180 Å². The summed E-state index contributed by atoms with van der Waals surface area (Å²) >= 11 is 0. The summed E-state index contributed by atoms with van der Waals surface area (Å²) in [5, 5.41) is 2.86. The van der Waals surface area contributed by atoms with Crippen LogP contribution in [0.15, 0.2) is 35.2 Å². The molecule has 0 aliphatic carbocycles. The second-order valence-electron chi connectivity index (χ2n) is 8.30. The zero-order valence-electron chi connectivity index (χ0n) is 19.0. The maximum absolute atomic E-state index is 13.0. The largest absolute Gasteiger partial charge is 0.351 e. The first-order valence-corrected chi connectivity index (χ1v) is 11.7. The van der Waals surface area contributed by atoms with Crippen LogP contribution in [0, 0.1) is 27.7 Å². The van der Waals surface area contributed by atoms with Crippen LogP contribution in [-0.4, -0.2) is 34.5 Å². The minimum absolute atomic E-state index is 0.263. The maximum atomic E-state index is 13.0. The van der Waals surface area contributed by atoms with E-state index in [1.165, 1.54) is 4.90 Å². The average Bonchev–Trinajstić information content (AvgIpc) is 2.64. The molecule has 0 saturated carbocycles. The smallest absolute Gasteiger partial charge is 0.241 e. The van der Waals surface area contributed by atoms with Gasteiger partial charge in [-0.25, -0.2) is 8.42 Å². The quantitative estimate of drug-likeness (QED) is 0.592. The van der Waals surface area contributed by atoms with Crippen molar-refractivity contribution in [1.29, 1.82) is 0 Å². The molecule has 164 valence electrons. The summed E-state index contributed by atoms with van der Waals surface area (Å²) in [4.78, 5) is 14.2. The Bertz CT molecular complexity index is 1000. The van der Waals surface area contributed by atoms with E-state index >= 15 is 0 Å². The highest BCUT2D eigenvalue weighted by atomic mass is 32.2. The predicted octanol–water partition coefficient (Wildman–Crippen LogP) is 1.55. The van der Waals surface area contributed by atoms with E-state index in [4.69, 9.17) is 0 Å². The Morgan fingerprint density at radius 1 is 1.00 bits per heavy atom. The number of amides is 1. The second kappa shape index (κ2) is 9.73. The van der Waals surface area contributed by atoms with E-state index in [0.29, 0.717) is 17.7 Å². The van der Waals surface area contributed by atoms with E-state index in [2.05, 4.69) is 24.1 Å². The maximum Gasteiger partial charge on any atom is 0.241 e. The van der Waals surface area contributed by atoms with Crippen molar-refractivity contribution in [2.75, 3.05) is 14.1 Å². The van der Waals surface area contributed by atoms with Gasteiger partial charge < -0.3 is 10.2 Å². The minimum Gasteiger partial charge on any atom is -0.351 e. The summed E-state index contributed by atoms with van der Waals surface area (Å²) in [6.07, 6.45) is 0. The third kappa shape index (κ3) is 5.68. The molecule has 0 aromatic heterocycles. The van der Waals surface area contributed by atoms with Crippen molar-refractivity contribution >= 4 is 15.9 Å². The number of rotatable bonds is 8. The molecule has 0 aliphatic heterocycles. The molecule has 2 rings (SSSR count). The summed E-state index contributed by atoms with van der Waals surface area (Å²) in [6.45, 7) is 10.1. The zero-order chi connectivity index (χ0) is 22.6. The molecule has 0 heterocycles. The van der Waals surface area contributed by atoms with Crippen molar-refractivity contribution in [3.63, 3.8) is 0 Å². The van der Waals surface area contributed by atoms with Crippen LogP contribution < -0.4 is 14.9 Å². The first-order valence-electron chi connectivity index (χ1n) is 10.2. The lowest BCUT2D eigenvalue weighted by Gasteiger charge is -2.19. The molecule has 0 saturated heterocycles. The molecule has 30 heavy (non-hydrogen) atoms. The van der Waals surface area contributed by atoms with Gasteiger partial charge in [-0.05, 0) is 62.4 Å². The first kappa shape index (κ1) is 24.1. The molecule has 0 radical (unpaired) electrons. The molecule has 1 atom stereocenters. The van der Waals surface area contributed by atoms with Gasteiger partial charge in [-0.3, -0.25) is 4.79 Å². The fraction of sp³-hybridized carbons (Fsp3) is 0.435. The number of carbonyl (C=O) groups excluding carboxylic acids is 1. The van der Waals surface area contributed by atoms with Crippen LogP contribution in [0.4, 0.5) is 0 Å². The normalized spacial score (nSPS) is 12.8. The van der Waals surface area contributed by atoms with Crippen LogP contribution in [0.25, 0.3) is 0 Å². The van der Waals surface area contributed by atoms with Crippen LogP contribution in [0.2, 0.25) is 0 Å². The highest BCUT2D eigenvalue weighted by Gasteiger charge is 2.26. The number of sulfonamides is 1. The third-order valence-electron chi connectivity index (χ3n) is 5.41. The van der Waals surface area contributed by atoms with E-state index in [0.717, 1.165) is 28.8 Å². The fourth-order valence-electron chi connectivity index (χ4n) is 3.55. The summed E-state index contributed by atoms with van der Waals surface area (Å²) < 4.78 is 28.6. The van der Waals surface area contributed by atoms with Crippen molar-refractivity contribution < 1.29 is 18.1 Å². The number of benzene rings is 2. The summed E-state index contributed by atoms with van der Waals surface area (Å²) in [6, 6.07) is 9.04.